The van der Waals surface area contributed by atoms with Crippen LogP contribution < -0.4 is 5.32 Å². The van der Waals surface area contributed by atoms with Gasteiger partial charge in [0.2, 0.25) is 5.91 Å². The maximum atomic E-state index is 12.2. The highest BCUT2D eigenvalue weighted by Gasteiger charge is 2.33. The Bertz CT molecular complexity index is 394. The molecule has 1 unspecified atom stereocenters. The summed E-state index contributed by atoms with van der Waals surface area (Å²) >= 11 is 1.57. The summed E-state index contributed by atoms with van der Waals surface area (Å²) in [4.78, 5) is 13.2. The normalized spacial score (nSPS) is 15.5. The third-order valence-corrected chi connectivity index (χ3v) is 4.75. The second-order valence-electron chi connectivity index (χ2n) is 5.80. The molecule has 0 saturated heterocycles. The zero-order valence-corrected chi connectivity index (χ0v) is 12.6. The van der Waals surface area contributed by atoms with Crippen LogP contribution in [0.3, 0.4) is 0 Å². The highest BCUT2D eigenvalue weighted by atomic mass is 32.1. The van der Waals surface area contributed by atoms with Crippen LogP contribution in [0.1, 0.15) is 39.5 Å². The van der Waals surface area contributed by atoms with Gasteiger partial charge in [0.05, 0.1) is 11.0 Å². The fourth-order valence-corrected chi connectivity index (χ4v) is 2.28. The number of hydrogen-bond donors (Lipinski definition) is 2. The van der Waals surface area contributed by atoms with E-state index in [0.29, 0.717) is 0 Å². The topological polar surface area (TPSA) is 49.3 Å². The highest BCUT2D eigenvalue weighted by molar-refractivity contribution is 7.10. The van der Waals surface area contributed by atoms with Gasteiger partial charge in [0.15, 0.2) is 0 Å². The van der Waals surface area contributed by atoms with Crippen LogP contribution in [-0.2, 0) is 10.2 Å². The number of amides is 1. The molecule has 3 nitrogen and oxygen atoms in total. The lowest BCUT2D eigenvalue weighted by Crippen LogP contribution is -2.48. The first-order valence-electron chi connectivity index (χ1n) is 6.22. The Morgan fingerprint density at radius 3 is 2.50 bits per heavy atom. The van der Waals surface area contributed by atoms with Gasteiger partial charge in [-0.1, -0.05) is 19.9 Å². The number of aliphatic hydroxyl groups is 1. The molecule has 1 aromatic rings. The minimum atomic E-state index is -0.874. The summed E-state index contributed by atoms with van der Waals surface area (Å²) in [6.45, 7) is 9.71. The summed E-state index contributed by atoms with van der Waals surface area (Å²) in [5.74, 6) is 0.0496. The Kier molecular flexibility index (Phi) is 4.56. The van der Waals surface area contributed by atoms with Gasteiger partial charge in [0, 0.05) is 11.4 Å². The molecule has 2 N–H and O–H groups in total. The SMILES string of the molecule is CC(C)C(C)(O)CNC(=O)C(C)(C)c1cccs1. The molecule has 0 saturated carbocycles. The predicted octanol–water partition coefficient (Wildman–Crippen LogP) is 2.55. The Morgan fingerprint density at radius 1 is 1.44 bits per heavy atom. The van der Waals surface area contributed by atoms with Gasteiger partial charge in [-0.3, -0.25) is 4.79 Å². The van der Waals surface area contributed by atoms with Crippen molar-refractivity contribution in [1.82, 2.24) is 5.32 Å². The molecule has 0 radical (unpaired) electrons. The summed E-state index contributed by atoms with van der Waals surface area (Å²) in [6.07, 6.45) is 0. The lowest BCUT2D eigenvalue weighted by atomic mass is 9.88. The van der Waals surface area contributed by atoms with E-state index in [1.54, 1.807) is 18.3 Å². The third kappa shape index (κ3) is 3.33. The van der Waals surface area contributed by atoms with Gasteiger partial charge in [0.1, 0.15) is 0 Å². The van der Waals surface area contributed by atoms with E-state index in [2.05, 4.69) is 5.32 Å². The van der Waals surface area contributed by atoms with Crippen LogP contribution in [0.4, 0.5) is 0 Å². The first-order chi connectivity index (χ1) is 8.18. The molecule has 18 heavy (non-hydrogen) atoms. The van der Waals surface area contributed by atoms with Crippen molar-refractivity contribution in [2.45, 2.75) is 45.6 Å². The van der Waals surface area contributed by atoms with Crippen molar-refractivity contribution in [3.8, 4) is 0 Å². The molecule has 0 aliphatic rings. The van der Waals surface area contributed by atoms with Gasteiger partial charge >= 0.3 is 0 Å². The van der Waals surface area contributed by atoms with Crippen LogP contribution >= 0.6 is 11.3 Å². The van der Waals surface area contributed by atoms with Crippen LogP contribution in [0.25, 0.3) is 0 Å². The van der Waals surface area contributed by atoms with E-state index >= 15 is 0 Å². The molecule has 0 aromatic carbocycles. The molecule has 0 aliphatic carbocycles. The van der Waals surface area contributed by atoms with Gasteiger partial charge < -0.3 is 10.4 Å². The molecule has 1 amide bonds. The Hall–Kier alpha value is -0.870. The van der Waals surface area contributed by atoms with Crippen LogP contribution in [0, 0.1) is 5.92 Å². The summed E-state index contributed by atoms with van der Waals surface area (Å²) in [5, 5.41) is 14.9. The van der Waals surface area contributed by atoms with Gasteiger partial charge in [0.25, 0.3) is 0 Å². The molecule has 1 atom stereocenters. The second-order valence-corrected chi connectivity index (χ2v) is 6.74. The van der Waals surface area contributed by atoms with Crippen molar-refractivity contribution in [1.29, 1.82) is 0 Å². The molecule has 1 aromatic heterocycles. The first-order valence-corrected chi connectivity index (χ1v) is 7.10. The largest absolute Gasteiger partial charge is 0.388 e. The number of carbonyl (C=O) groups is 1. The van der Waals surface area contributed by atoms with Crippen molar-refractivity contribution < 1.29 is 9.90 Å². The molecule has 0 fully saturated rings. The fourth-order valence-electron chi connectivity index (χ4n) is 1.43. The minimum absolute atomic E-state index is 0.0501. The first kappa shape index (κ1) is 15.2. The van der Waals surface area contributed by atoms with Gasteiger partial charge in [-0.2, -0.15) is 0 Å². The molecular formula is C14H23NO2S. The van der Waals surface area contributed by atoms with Crippen molar-refractivity contribution >= 4 is 17.2 Å². The van der Waals surface area contributed by atoms with Crippen molar-refractivity contribution in [3.63, 3.8) is 0 Å². The quantitative estimate of drug-likeness (QED) is 0.863. The lowest BCUT2D eigenvalue weighted by molar-refractivity contribution is -0.127. The highest BCUT2D eigenvalue weighted by Crippen LogP contribution is 2.27. The summed E-state index contributed by atoms with van der Waals surface area (Å²) in [7, 11) is 0. The van der Waals surface area contributed by atoms with Crippen LogP contribution in [0.2, 0.25) is 0 Å². The fraction of sp³-hybridized carbons (Fsp3) is 0.643. The maximum absolute atomic E-state index is 12.2. The van der Waals surface area contributed by atoms with Gasteiger partial charge in [-0.25, -0.2) is 0 Å². The zero-order valence-electron chi connectivity index (χ0n) is 11.8. The monoisotopic (exact) mass is 269 g/mol. The number of carbonyl (C=O) groups excluding carboxylic acids is 1. The number of thiophene rings is 1. The van der Waals surface area contributed by atoms with Crippen LogP contribution in [0.15, 0.2) is 17.5 Å². The molecular weight excluding hydrogens is 246 g/mol. The van der Waals surface area contributed by atoms with Crippen LogP contribution in [-0.4, -0.2) is 23.2 Å². The molecule has 1 heterocycles. The Morgan fingerprint density at radius 2 is 2.06 bits per heavy atom. The molecule has 0 bridgehead atoms. The lowest BCUT2D eigenvalue weighted by Gasteiger charge is -2.30. The van der Waals surface area contributed by atoms with E-state index in [1.807, 2.05) is 45.2 Å². The predicted molar refractivity (Wildman–Crippen MR) is 75.8 cm³/mol. The number of rotatable bonds is 5. The summed E-state index contributed by atoms with van der Waals surface area (Å²) in [5.41, 5.74) is -1.43. The van der Waals surface area contributed by atoms with Gasteiger partial charge in [-0.15, -0.1) is 11.3 Å². The van der Waals surface area contributed by atoms with Crippen molar-refractivity contribution in [2.24, 2.45) is 5.92 Å². The second kappa shape index (κ2) is 5.41. The molecule has 0 spiro atoms. The molecule has 4 heteroatoms. The smallest absolute Gasteiger partial charge is 0.231 e. The standard InChI is InChI=1S/C14H23NO2S/c1-10(2)14(5,17)9-15-12(16)13(3,4)11-7-6-8-18-11/h6-8,10,17H,9H2,1-5H3,(H,15,16). The van der Waals surface area contributed by atoms with E-state index in [-0.39, 0.29) is 18.4 Å². The Labute approximate surface area is 113 Å². The minimum Gasteiger partial charge on any atom is -0.388 e. The number of nitrogens with one attached hydrogen (secondary N) is 1. The van der Waals surface area contributed by atoms with E-state index in [0.717, 1.165) is 4.88 Å². The maximum Gasteiger partial charge on any atom is 0.231 e. The van der Waals surface area contributed by atoms with Crippen molar-refractivity contribution in [3.05, 3.63) is 22.4 Å². The van der Waals surface area contributed by atoms with Crippen LogP contribution in [0.5, 0.6) is 0 Å². The average molecular weight is 269 g/mol. The zero-order chi connectivity index (χ0) is 14.0. The van der Waals surface area contributed by atoms with E-state index in [1.165, 1.54) is 0 Å². The van der Waals surface area contributed by atoms with Crippen molar-refractivity contribution in [2.75, 3.05) is 6.54 Å². The third-order valence-electron chi connectivity index (χ3n) is 3.56. The van der Waals surface area contributed by atoms with Gasteiger partial charge in [-0.05, 0) is 38.1 Å². The number of hydrogen-bond acceptors (Lipinski definition) is 3. The summed E-state index contributed by atoms with van der Waals surface area (Å²) < 4.78 is 0. The summed E-state index contributed by atoms with van der Waals surface area (Å²) in [6, 6.07) is 3.91. The molecule has 1 rings (SSSR count). The average Bonchev–Trinajstić information content (AvgIpc) is 2.79. The van der Waals surface area contributed by atoms with E-state index in [4.69, 9.17) is 0 Å². The molecule has 102 valence electrons. The van der Waals surface area contributed by atoms with E-state index in [9.17, 15) is 9.90 Å². The molecule has 0 aliphatic heterocycles. The van der Waals surface area contributed by atoms with E-state index < -0.39 is 11.0 Å². The Balaban J connectivity index is 2.67.